The topological polar surface area (TPSA) is 41.5 Å². The van der Waals surface area contributed by atoms with Crippen LogP contribution in [-0.4, -0.2) is 37.5 Å². The van der Waals surface area contributed by atoms with Crippen molar-refractivity contribution in [3.05, 3.63) is 35.9 Å². The molecule has 0 heterocycles. The van der Waals surface area contributed by atoms with Crippen LogP contribution in [0.3, 0.4) is 0 Å². The lowest BCUT2D eigenvalue weighted by Crippen LogP contribution is -2.39. The smallest absolute Gasteiger partial charge is 0.0698 e. The zero-order chi connectivity index (χ0) is 14.3. The van der Waals surface area contributed by atoms with Gasteiger partial charge in [-0.25, -0.2) is 0 Å². The Morgan fingerprint density at radius 2 is 1.90 bits per heavy atom. The van der Waals surface area contributed by atoms with Crippen LogP contribution in [0.1, 0.15) is 38.2 Å². The quantitative estimate of drug-likeness (QED) is 0.752. The molecule has 1 aromatic carbocycles. The van der Waals surface area contributed by atoms with Gasteiger partial charge < -0.3 is 15.2 Å². The lowest BCUT2D eigenvalue weighted by atomic mass is 9.70. The first-order valence-electron chi connectivity index (χ1n) is 7.72. The van der Waals surface area contributed by atoms with Gasteiger partial charge in [0, 0.05) is 12.6 Å². The number of benzene rings is 1. The molecule has 0 amide bonds. The second kappa shape index (κ2) is 7.77. The average molecular weight is 277 g/mol. The van der Waals surface area contributed by atoms with Gasteiger partial charge in [-0.1, -0.05) is 37.3 Å². The van der Waals surface area contributed by atoms with Crippen LogP contribution in [0.25, 0.3) is 0 Å². The van der Waals surface area contributed by atoms with Crippen molar-refractivity contribution >= 4 is 0 Å². The molecule has 0 aliphatic heterocycles. The molecule has 0 radical (unpaired) electrons. The summed E-state index contributed by atoms with van der Waals surface area (Å²) in [5, 5.41) is 12.2. The van der Waals surface area contributed by atoms with Crippen molar-refractivity contribution in [2.45, 2.75) is 44.1 Å². The highest BCUT2D eigenvalue weighted by atomic mass is 16.5. The summed E-state index contributed by atoms with van der Waals surface area (Å²) >= 11 is 0. The van der Waals surface area contributed by atoms with Gasteiger partial charge in [0.1, 0.15) is 0 Å². The van der Waals surface area contributed by atoms with Gasteiger partial charge in [-0.3, -0.25) is 0 Å². The maximum atomic E-state index is 8.63. The van der Waals surface area contributed by atoms with Crippen LogP contribution in [0, 0.1) is 0 Å². The van der Waals surface area contributed by atoms with Crippen molar-refractivity contribution in [1.29, 1.82) is 0 Å². The molecular formula is C17H27NO2. The molecule has 1 aromatic rings. The zero-order valence-electron chi connectivity index (χ0n) is 12.5. The maximum Gasteiger partial charge on any atom is 0.0698 e. The van der Waals surface area contributed by atoms with E-state index in [0.717, 1.165) is 6.54 Å². The third-order valence-corrected chi connectivity index (χ3v) is 4.47. The summed E-state index contributed by atoms with van der Waals surface area (Å²) in [4.78, 5) is 0. The Hall–Kier alpha value is -0.900. The Morgan fingerprint density at radius 1 is 1.20 bits per heavy atom. The van der Waals surface area contributed by atoms with Gasteiger partial charge in [0.2, 0.25) is 0 Å². The minimum atomic E-state index is 0.110. The first-order valence-corrected chi connectivity index (χ1v) is 7.72. The summed E-state index contributed by atoms with van der Waals surface area (Å²) in [5.74, 6) is 0. The van der Waals surface area contributed by atoms with E-state index in [9.17, 15) is 0 Å². The van der Waals surface area contributed by atoms with Crippen LogP contribution in [0.15, 0.2) is 30.3 Å². The van der Waals surface area contributed by atoms with E-state index in [4.69, 9.17) is 9.84 Å². The third-order valence-electron chi connectivity index (χ3n) is 4.47. The van der Waals surface area contributed by atoms with Crippen LogP contribution < -0.4 is 5.32 Å². The van der Waals surface area contributed by atoms with Gasteiger partial charge in [0.15, 0.2) is 0 Å². The number of ether oxygens (including phenoxy) is 1. The van der Waals surface area contributed by atoms with Crippen LogP contribution in [0.2, 0.25) is 0 Å². The standard InChI is InChI=1S/C17H27NO2/c1-17(15-5-3-2-4-6-15)9-7-16(8-10-17)18-11-13-20-14-12-19/h2-6,16,18-19H,7-14H2,1H3. The largest absolute Gasteiger partial charge is 0.394 e. The number of hydrogen-bond acceptors (Lipinski definition) is 3. The molecule has 1 aliphatic rings. The fourth-order valence-corrected chi connectivity index (χ4v) is 3.09. The van der Waals surface area contributed by atoms with Gasteiger partial charge in [-0.15, -0.1) is 0 Å². The molecule has 1 aliphatic carbocycles. The van der Waals surface area contributed by atoms with Crippen molar-refractivity contribution < 1.29 is 9.84 Å². The summed E-state index contributed by atoms with van der Waals surface area (Å²) in [5.41, 5.74) is 1.82. The molecule has 0 aromatic heterocycles. The van der Waals surface area contributed by atoms with Crippen LogP contribution >= 0.6 is 0 Å². The first-order chi connectivity index (χ1) is 9.74. The second-order valence-electron chi connectivity index (χ2n) is 5.99. The Kier molecular flexibility index (Phi) is 6.02. The fraction of sp³-hybridized carbons (Fsp3) is 0.647. The van der Waals surface area contributed by atoms with Crippen molar-refractivity contribution in [3.8, 4) is 0 Å². The van der Waals surface area contributed by atoms with E-state index in [0.29, 0.717) is 24.7 Å². The van der Waals surface area contributed by atoms with E-state index >= 15 is 0 Å². The van der Waals surface area contributed by atoms with E-state index in [1.54, 1.807) is 0 Å². The van der Waals surface area contributed by atoms with Gasteiger partial charge in [0.05, 0.1) is 19.8 Å². The van der Waals surface area contributed by atoms with E-state index in [1.807, 2.05) is 0 Å². The Labute approximate surface area is 122 Å². The van der Waals surface area contributed by atoms with Crippen molar-refractivity contribution in [1.82, 2.24) is 5.32 Å². The normalized spacial score (nSPS) is 26.6. The molecule has 0 spiro atoms. The highest BCUT2D eigenvalue weighted by molar-refractivity contribution is 5.25. The van der Waals surface area contributed by atoms with E-state index < -0.39 is 0 Å². The molecular weight excluding hydrogens is 250 g/mol. The molecule has 0 bridgehead atoms. The average Bonchev–Trinajstić information content (AvgIpc) is 2.50. The molecule has 112 valence electrons. The molecule has 1 fully saturated rings. The zero-order valence-corrected chi connectivity index (χ0v) is 12.5. The minimum absolute atomic E-state index is 0.110. The number of rotatable bonds is 7. The van der Waals surface area contributed by atoms with Gasteiger partial charge in [-0.05, 0) is 36.7 Å². The summed E-state index contributed by atoms with van der Waals surface area (Å²) in [7, 11) is 0. The van der Waals surface area contributed by atoms with Crippen molar-refractivity contribution in [3.63, 3.8) is 0 Å². The highest BCUT2D eigenvalue weighted by Gasteiger charge is 2.32. The molecule has 2 rings (SSSR count). The van der Waals surface area contributed by atoms with Crippen LogP contribution in [0.4, 0.5) is 0 Å². The van der Waals surface area contributed by atoms with Crippen LogP contribution in [0.5, 0.6) is 0 Å². The molecule has 3 nitrogen and oxygen atoms in total. The highest BCUT2D eigenvalue weighted by Crippen LogP contribution is 2.38. The second-order valence-corrected chi connectivity index (χ2v) is 5.99. The van der Waals surface area contributed by atoms with Crippen molar-refractivity contribution in [2.75, 3.05) is 26.4 Å². The summed E-state index contributed by atoms with van der Waals surface area (Å²) in [6.07, 6.45) is 4.94. The maximum absolute atomic E-state index is 8.63. The molecule has 0 saturated heterocycles. The minimum Gasteiger partial charge on any atom is -0.394 e. The number of aliphatic hydroxyl groups excluding tert-OH is 1. The Balaban J connectivity index is 1.72. The lowest BCUT2D eigenvalue weighted by molar-refractivity contribution is 0.0911. The number of aliphatic hydroxyl groups is 1. The lowest BCUT2D eigenvalue weighted by Gasteiger charge is -2.38. The van der Waals surface area contributed by atoms with Gasteiger partial charge in [0.25, 0.3) is 0 Å². The first kappa shape index (κ1) is 15.5. The molecule has 3 heteroatoms. The summed E-state index contributed by atoms with van der Waals surface area (Å²) < 4.78 is 5.27. The Morgan fingerprint density at radius 3 is 2.55 bits per heavy atom. The fourth-order valence-electron chi connectivity index (χ4n) is 3.09. The van der Waals surface area contributed by atoms with E-state index in [2.05, 4.69) is 42.6 Å². The predicted octanol–water partition coefficient (Wildman–Crippen LogP) is 2.49. The molecule has 0 atom stereocenters. The van der Waals surface area contributed by atoms with Crippen molar-refractivity contribution in [2.24, 2.45) is 0 Å². The van der Waals surface area contributed by atoms with E-state index in [1.165, 1.54) is 31.2 Å². The van der Waals surface area contributed by atoms with Gasteiger partial charge in [-0.2, -0.15) is 0 Å². The summed E-state index contributed by atoms with van der Waals surface area (Å²) in [6.45, 7) is 4.51. The SMILES string of the molecule is CC1(c2ccccc2)CCC(NCCOCCO)CC1. The van der Waals surface area contributed by atoms with Crippen LogP contribution in [-0.2, 0) is 10.2 Å². The number of nitrogens with one attached hydrogen (secondary N) is 1. The Bertz CT molecular complexity index is 372. The van der Waals surface area contributed by atoms with Gasteiger partial charge >= 0.3 is 0 Å². The summed E-state index contributed by atoms with van der Waals surface area (Å²) in [6, 6.07) is 11.5. The van der Waals surface area contributed by atoms with E-state index in [-0.39, 0.29) is 6.61 Å². The molecule has 0 unspecified atom stereocenters. The molecule has 2 N–H and O–H groups in total. The number of hydrogen-bond donors (Lipinski definition) is 2. The third kappa shape index (κ3) is 4.30. The molecule has 1 saturated carbocycles. The monoisotopic (exact) mass is 277 g/mol. The molecule has 20 heavy (non-hydrogen) atoms. The predicted molar refractivity (Wildman–Crippen MR) is 82.0 cm³/mol.